The van der Waals surface area contributed by atoms with Gasteiger partial charge in [-0.2, -0.15) is 4.39 Å². The SMILES string of the molecule is O=C(NCCC#Cc1ccnc(F)c1)OCC1c2ccccc2-c2ccccc21. The monoisotopic (exact) mass is 386 g/mol. The van der Waals surface area contributed by atoms with Gasteiger partial charge in [0, 0.05) is 36.7 Å². The van der Waals surface area contributed by atoms with E-state index in [4.69, 9.17) is 4.74 Å². The molecule has 29 heavy (non-hydrogen) atoms. The van der Waals surface area contributed by atoms with Crippen molar-refractivity contribution in [1.29, 1.82) is 0 Å². The van der Waals surface area contributed by atoms with Gasteiger partial charge in [-0.25, -0.2) is 9.78 Å². The van der Waals surface area contributed by atoms with Crippen LogP contribution in [0.1, 0.15) is 29.0 Å². The molecule has 4 rings (SSSR count). The molecule has 0 fully saturated rings. The highest BCUT2D eigenvalue weighted by molar-refractivity contribution is 5.79. The topological polar surface area (TPSA) is 51.2 Å². The number of carbonyl (C=O) groups is 1. The van der Waals surface area contributed by atoms with Crippen LogP contribution in [0.2, 0.25) is 0 Å². The summed E-state index contributed by atoms with van der Waals surface area (Å²) in [5.41, 5.74) is 5.30. The molecule has 144 valence electrons. The molecule has 0 saturated heterocycles. The van der Waals surface area contributed by atoms with Crippen LogP contribution in [0.3, 0.4) is 0 Å². The number of fused-ring (bicyclic) bond motifs is 3. The van der Waals surface area contributed by atoms with E-state index in [2.05, 4.69) is 46.4 Å². The van der Waals surface area contributed by atoms with E-state index in [9.17, 15) is 9.18 Å². The first kappa shape index (κ1) is 18.7. The summed E-state index contributed by atoms with van der Waals surface area (Å²) in [6, 6.07) is 19.3. The number of benzene rings is 2. The van der Waals surface area contributed by atoms with Crippen LogP contribution >= 0.6 is 0 Å². The molecule has 1 amide bonds. The van der Waals surface area contributed by atoms with Crippen molar-refractivity contribution in [2.24, 2.45) is 0 Å². The Hall–Kier alpha value is -3.65. The van der Waals surface area contributed by atoms with Gasteiger partial charge in [0.05, 0.1) is 0 Å². The third-order valence-corrected chi connectivity index (χ3v) is 4.82. The first-order chi connectivity index (χ1) is 14.2. The van der Waals surface area contributed by atoms with Gasteiger partial charge in [0.15, 0.2) is 0 Å². The number of amides is 1. The zero-order valence-electron chi connectivity index (χ0n) is 15.7. The standard InChI is InChI=1S/C24H19FN2O2/c25-23-15-17(12-14-26-23)7-5-6-13-27-24(28)29-16-22-20-10-3-1-8-18(20)19-9-2-4-11-21(19)22/h1-4,8-12,14-15,22H,6,13,16H2,(H,27,28). The molecule has 4 nitrogen and oxygen atoms in total. The molecule has 2 aromatic carbocycles. The number of nitrogens with zero attached hydrogens (tertiary/aromatic N) is 1. The largest absolute Gasteiger partial charge is 0.449 e. The Bertz CT molecular complexity index is 1060. The third kappa shape index (κ3) is 4.27. The quantitative estimate of drug-likeness (QED) is 0.408. The lowest BCUT2D eigenvalue weighted by molar-refractivity contribution is 0.143. The minimum atomic E-state index is -0.562. The molecule has 1 heterocycles. The zero-order chi connectivity index (χ0) is 20.1. The summed E-state index contributed by atoms with van der Waals surface area (Å²) in [6.45, 7) is 0.638. The van der Waals surface area contributed by atoms with E-state index in [1.165, 1.54) is 34.5 Å². The number of ether oxygens (including phenoxy) is 1. The molecule has 0 radical (unpaired) electrons. The average molecular weight is 386 g/mol. The molecule has 0 saturated carbocycles. The molecule has 0 unspecified atom stereocenters. The third-order valence-electron chi connectivity index (χ3n) is 4.82. The van der Waals surface area contributed by atoms with Crippen LogP contribution in [0.15, 0.2) is 66.9 Å². The zero-order valence-corrected chi connectivity index (χ0v) is 15.7. The van der Waals surface area contributed by atoms with Gasteiger partial charge in [-0.1, -0.05) is 60.4 Å². The van der Waals surface area contributed by atoms with Crippen LogP contribution in [-0.4, -0.2) is 24.2 Å². The number of alkyl carbamates (subject to hydrolysis) is 1. The normalized spacial score (nSPS) is 11.8. The van der Waals surface area contributed by atoms with Crippen LogP contribution in [0.25, 0.3) is 11.1 Å². The Kier molecular flexibility index (Phi) is 5.53. The number of hydrogen-bond acceptors (Lipinski definition) is 3. The second kappa shape index (κ2) is 8.57. The summed E-state index contributed by atoms with van der Waals surface area (Å²) >= 11 is 0. The van der Waals surface area contributed by atoms with Crippen molar-refractivity contribution < 1.29 is 13.9 Å². The lowest BCUT2D eigenvalue weighted by atomic mass is 9.98. The molecule has 3 aromatic rings. The average Bonchev–Trinajstić information content (AvgIpc) is 3.06. The van der Waals surface area contributed by atoms with Crippen molar-refractivity contribution in [2.75, 3.05) is 13.2 Å². The number of nitrogens with one attached hydrogen (secondary N) is 1. The van der Waals surface area contributed by atoms with E-state index < -0.39 is 12.0 Å². The van der Waals surface area contributed by atoms with Gasteiger partial charge in [-0.15, -0.1) is 0 Å². The van der Waals surface area contributed by atoms with E-state index >= 15 is 0 Å². The Balaban J connectivity index is 1.29. The fourth-order valence-corrected chi connectivity index (χ4v) is 3.52. The first-order valence-corrected chi connectivity index (χ1v) is 9.41. The molecule has 5 heteroatoms. The maximum absolute atomic E-state index is 13.0. The Labute approximate surface area is 168 Å². The summed E-state index contributed by atoms with van der Waals surface area (Å²) in [6.07, 6.45) is 1.34. The minimum absolute atomic E-state index is 0.0366. The van der Waals surface area contributed by atoms with Crippen molar-refractivity contribution in [1.82, 2.24) is 10.3 Å². The van der Waals surface area contributed by atoms with Crippen molar-refractivity contribution >= 4 is 6.09 Å². The van der Waals surface area contributed by atoms with Crippen LogP contribution < -0.4 is 5.32 Å². The predicted octanol–water partition coefficient (Wildman–Crippen LogP) is 4.50. The van der Waals surface area contributed by atoms with Gasteiger partial charge >= 0.3 is 6.09 Å². The molecule has 1 aliphatic rings. The van der Waals surface area contributed by atoms with Gasteiger partial charge in [-0.3, -0.25) is 0 Å². The number of pyridine rings is 1. The Morgan fingerprint density at radius 1 is 1.07 bits per heavy atom. The van der Waals surface area contributed by atoms with Crippen LogP contribution in [0.4, 0.5) is 9.18 Å². The molecule has 0 aliphatic heterocycles. The molecule has 0 bridgehead atoms. The predicted molar refractivity (Wildman–Crippen MR) is 109 cm³/mol. The lowest BCUT2D eigenvalue weighted by Gasteiger charge is -2.14. The molecular weight excluding hydrogens is 367 g/mol. The van der Waals surface area contributed by atoms with Gasteiger partial charge in [0.2, 0.25) is 5.95 Å². The van der Waals surface area contributed by atoms with E-state index in [1.807, 2.05) is 24.3 Å². The van der Waals surface area contributed by atoms with Crippen LogP contribution in [0, 0.1) is 17.8 Å². The highest BCUT2D eigenvalue weighted by Gasteiger charge is 2.28. The Morgan fingerprint density at radius 2 is 1.76 bits per heavy atom. The highest BCUT2D eigenvalue weighted by atomic mass is 19.1. The van der Waals surface area contributed by atoms with Gasteiger partial charge in [0.25, 0.3) is 0 Å². The van der Waals surface area contributed by atoms with Crippen molar-refractivity contribution in [3.8, 4) is 23.0 Å². The molecule has 0 spiro atoms. The maximum Gasteiger partial charge on any atom is 0.407 e. The van der Waals surface area contributed by atoms with Crippen LogP contribution in [0.5, 0.6) is 0 Å². The minimum Gasteiger partial charge on any atom is -0.449 e. The highest BCUT2D eigenvalue weighted by Crippen LogP contribution is 2.44. The van der Waals surface area contributed by atoms with Gasteiger partial charge < -0.3 is 10.1 Å². The maximum atomic E-state index is 13.0. The number of rotatable bonds is 4. The number of carbonyl (C=O) groups excluding carboxylic acids is 1. The second-order valence-corrected chi connectivity index (χ2v) is 6.67. The summed E-state index contributed by atoms with van der Waals surface area (Å²) < 4.78 is 18.5. The number of hydrogen-bond donors (Lipinski definition) is 1. The Morgan fingerprint density at radius 3 is 2.45 bits per heavy atom. The smallest absolute Gasteiger partial charge is 0.407 e. The lowest BCUT2D eigenvalue weighted by Crippen LogP contribution is -2.26. The number of aromatic nitrogens is 1. The summed E-state index contributed by atoms with van der Waals surface area (Å²) in [7, 11) is 0. The van der Waals surface area contributed by atoms with E-state index in [0.29, 0.717) is 18.5 Å². The van der Waals surface area contributed by atoms with Gasteiger partial charge in [0.1, 0.15) is 6.61 Å². The first-order valence-electron chi connectivity index (χ1n) is 9.41. The molecule has 1 N–H and O–H groups in total. The summed E-state index contributed by atoms with van der Waals surface area (Å²) in [5.74, 6) is 5.20. The number of halogens is 1. The van der Waals surface area contributed by atoms with Crippen LogP contribution in [-0.2, 0) is 4.74 Å². The van der Waals surface area contributed by atoms with Crippen molar-refractivity contribution in [3.63, 3.8) is 0 Å². The summed E-state index contributed by atoms with van der Waals surface area (Å²) in [4.78, 5) is 15.5. The van der Waals surface area contributed by atoms with Gasteiger partial charge in [-0.05, 0) is 28.3 Å². The molecular formula is C24H19FN2O2. The summed E-state index contributed by atoms with van der Waals surface area (Å²) in [5, 5.41) is 2.70. The molecule has 1 aromatic heterocycles. The van der Waals surface area contributed by atoms with Crippen molar-refractivity contribution in [3.05, 3.63) is 89.5 Å². The molecule has 0 atom stereocenters. The van der Waals surface area contributed by atoms with Crippen molar-refractivity contribution in [2.45, 2.75) is 12.3 Å². The second-order valence-electron chi connectivity index (χ2n) is 6.67. The fraction of sp³-hybridized carbons (Fsp3) is 0.167. The molecule has 1 aliphatic carbocycles. The van der Waals surface area contributed by atoms with E-state index in [-0.39, 0.29) is 12.5 Å². The van der Waals surface area contributed by atoms with E-state index in [0.717, 1.165) is 0 Å². The van der Waals surface area contributed by atoms with E-state index in [1.54, 1.807) is 6.07 Å². The fourth-order valence-electron chi connectivity index (χ4n) is 3.52.